The number of halogens is 1. The highest BCUT2D eigenvalue weighted by molar-refractivity contribution is 7.30. The molecule has 116 valence electrons. The summed E-state index contributed by atoms with van der Waals surface area (Å²) in [7, 11) is 0.641. The molecule has 1 aliphatic rings. The number of likely N-dealkylation sites (tertiary alicyclic amines) is 1. The van der Waals surface area contributed by atoms with Gasteiger partial charge in [0.2, 0.25) is 4.70 Å². The largest absolute Gasteiger partial charge is 0.590 e. The summed E-state index contributed by atoms with van der Waals surface area (Å²) in [5.74, 6) is 0. The maximum Gasteiger partial charge on any atom is 0.203 e. The van der Waals surface area contributed by atoms with Crippen LogP contribution in [0.3, 0.4) is 0 Å². The van der Waals surface area contributed by atoms with E-state index >= 15 is 0 Å². The fraction of sp³-hybridized carbons (Fsp3) is 0.438. The molecule has 1 aliphatic heterocycles. The van der Waals surface area contributed by atoms with Gasteiger partial charge in [-0.1, -0.05) is 6.07 Å². The lowest BCUT2D eigenvalue weighted by Gasteiger charge is -2.33. The molecule has 1 aromatic carbocycles. The Balaban J connectivity index is 1.93. The first kappa shape index (κ1) is 15.2. The summed E-state index contributed by atoms with van der Waals surface area (Å²) in [6.45, 7) is 1.25. The second-order valence-electron chi connectivity index (χ2n) is 5.78. The highest BCUT2D eigenvalue weighted by Crippen LogP contribution is 2.39. The molecule has 0 spiro atoms. The van der Waals surface area contributed by atoms with Crippen LogP contribution in [0.4, 0.5) is 10.1 Å². The summed E-state index contributed by atoms with van der Waals surface area (Å²) in [5.41, 5.74) is 1.51. The number of nitrogens with zero attached hydrogens (tertiary/aromatic N) is 2. The first-order chi connectivity index (χ1) is 10.6. The molecule has 4 nitrogen and oxygen atoms in total. The Kier molecular flexibility index (Phi) is 4.30. The van der Waals surface area contributed by atoms with E-state index in [2.05, 4.69) is 11.4 Å². The van der Waals surface area contributed by atoms with Crippen LogP contribution in [-0.2, 0) is 6.42 Å². The van der Waals surface area contributed by atoms with Gasteiger partial charge in [-0.05, 0) is 36.4 Å². The number of nitriles is 1. The summed E-state index contributed by atoms with van der Waals surface area (Å²) in [4.78, 5) is 1.98. The Morgan fingerprint density at radius 3 is 3.09 bits per heavy atom. The van der Waals surface area contributed by atoms with Crippen LogP contribution >= 0.6 is 10.8 Å². The number of anilines is 1. The van der Waals surface area contributed by atoms with Gasteiger partial charge < -0.3 is 14.8 Å². The van der Waals surface area contributed by atoms with Gasteiger partial charge in [-0.3, -0.25) is 0 Å². The number of piperidine rings is 1. The molecule has 3 atom stereocenters. The summed E-state index contributed by atoms with van der Waals surface area (Å²) in [5, 5.41) is 14.6. The molecule has 1 saturated heterocycles. The molecule has 0 aliphatic carbocycles. The first-order valence-corrected chi connectivity index (χ1v) is 8.52. The maximum atomic E-state index is 14.2. The first-order valence-electron chi connectivity index (χ1n) is 7.31. The summed E-state index contributed by atoms with van der Waals surface area (Å²) in [6.07, 6.45) is 0.00482. The van der Waals surface area contributed by atoms with Gasteiger partial charge in [0.1, 0.15) is 11.6 Å². The Morgan fingerprint density at radius 1 is 1.55 bits per heavy atom. The highest BCUT2D eigenvalue weighted by atomic mass is 32.2. The van der Waals surface area contributed by atoms with Gasteiger partial charge in [-0.25, -0.2) is 4.39 Å². The van der Waals surface area contributed by atoms with Crippen molar-refractivity contribution in [2.75, 3.05) is 25.5 Å². The van der Waals surface area contributed by atoms with Crippen LogP contribution in [0.2, 0.25) is 0 Å². The predicted octanol–water partition coefficient (Wildman–Crippen LogP) is 3.09. The fourth-order valence-corrected chi connectivity index (χ4v) is 4.36. The third-order valence-corrected chi connectivity index (χ3v) is 5.51. The van der Waals surface area contributed by atoms with Crippen molar-refractivity contribution in [3.63, 3.8) is 0 Å². The highest BCUT2D eigenvalue weighted by Gasteiger charge is 2.28. The van der Waals surface area contributed by atoms with E-state index in [9.17, 15) is 8.94 Å². The van der Waals surface area contributed by atoms with E-state index in [1.807, 2.05) is 30.1 Å². The zero-order valence-corrected chi connectivity index (χ0v) is 13.2. The summed E-state index contributed by atoms with van der Waals surface area (Å²) >= 11 is 0. The number of nitrogens with one attached hydrogen (secondary N) is 1. The third kappa shape index (κ3) is 2.80. The van der Waals surface area contributed by atoms with Gasteiger partial charge in [-0.2, -0.15) is 5.26 Å². The number of thiophene rings is 1. The van der Waals surface area contributed by atoms with Crippen LogP contribution in [0.5, 0.6) is 0 Å². The molecule has 0 amide bonds. The summed E-state index contributed by atoms with van der Waals surface area (Å²) in [6, 6.07) is 7.40. The van der Waals surface area contributed by atoms with Crippen LogP contribution < -0.4 is 5.32 Å². The van der Waals surface area contributed by atoms with E-state index in [-0.39, 0.29) is 12.5 Å². The monoisotopic (exact) mass is 319 g/mol. The van der Waals surface area contributed by atoms with Crippen molar-refractivity contribution in [2.24, 2.45) is 0 Å². The molecule has 1 aromatic heterocycles. The zero-order valence-electron chi connectivity index (χ0n) is 12.4. The molecule has 0 saturated carbocycles. The Hall–Kier alpha value is -1.68. The second kappa shape index (κ2) is 6.21. The van der Waals surface area contributed by atoms with Crippen molar-refractivity contribution in [1.29, 1.82) is 5.26 Å². The number of hydrogen-bond acceptors (Lipinski definition) is 4. The molecule has 0 radical (unpaired) electrons. The molecule has 1 unspecified atom stereocenters. The van der Waals surface area contributed by atoms with Gasteiger partial charge in [0.25, 0.3) is 0 Å². The number of rotatable bonds is 3. The zero-order chi connectivity index (χ0) is 15.7. The van der Waals surface area contributed by atoms with Crippen molar-refractivity contribution < 1.29 is 8.94 Å². The van der Waals surface area contributed by atoms with Crippen LogP contribution in [-0.4, -0.2) is 41.8 Å². The molecular formula is C16H18FN3OS. The van der Waals surface area contributed by atoms with Gasteiger partial charge in [0.15, 0.2) is 0 Å². The van der Waals surface area contributed by atoms with Gasteiger partial charge in [0.05, 0.1) is 24.2 Å². The van der Waals surface area contributed by atoms with Crippen molar-refractivity contribution in [1.82, 2.24) is 4.90 Å². The van der Waals surface area contributed by atoms with Gasteiger partial charge in [0, 0.05) is 24.0 Å². The van der Waals surface area contributed by atoms with Crippen LogP contribution in [0.15, 0.2) is 23.6 Å². The molecule has 1 fully saturated rings. The minimum Gasteiger partial charge on any atom is -0.590 e. The lowest BCUT2D eigenvalue weighted by molar-refractivity contribution is 0.149. The Labute approximate surface area is 132 Å². The van der Waals surface area contributed by atoms with E-state index in [0.29, 0.717) is 17.7 Å². The van der Waals surface area contributed by atoms with Crippen molar-refractivity contribution in [2.45, 2.75) is 25.1 Å². The van der Waals surface area contributed by atoms with E-state index < -0.39 is 16.9 Å². The smallest absolute Gasteiger partial charge is 0.203 e. The molecule has 6 heteroatoms. The van der Waals surface area contributed by atoms with E-state index in [4.69, 9.17) is 5.26 Å². The van der Waals surface area contributed by atoms with Crippen molar-refractivity contribution in [3.8, 4) is 6.07 Å². The maximum absolute atomic E-state index is 14.2. The van der Waals surface area contributed by atoms with Gasteiger partial charge in [-0.15, -0.1) is 0 Å². The van der Waals surface area contributed by atoms with E-state index in [1.54, 1.807) is 5.38 Å². The average molecular weight is 319 g/mol. The number of fused-ring (bicyclic) bond motifs is 1. The number of benzene rings is 1. The summed E-state index contributed by atoms with van der Waals surface area (Å²) < 4.78 is 27.2. The quantitative estimate of drug-likeness (QED) is 0.883. The van der Waals surface area contributed by atoms with Crippen LogP contribution in [0, 0.1) is 11.3 Å². The number of hydrogen-bond donors (Lipinski definition) is 1. The standard InChI is InChI=1S/C16H18FN3OS/c1-20-8-6-14(13(17)9-20)19-15-4-2-3-12-11(5-7-18)10-22(21)16(12)15/h2-4,10,13-14,19H,5-6,8-9H2,1H3/t13-,14+,22?/m1/s1. The molecule has 22 heavy (non-hydrogen) atoms. The molecule has 2 aromatic rings. The predicted molar refractivity (Wildman–Crippen MR) is 86.3 cm³/mol. The van der Waals surface area contributed by atoms with Crippen LogP contribution in [0.25, 0.3) is 10.1 Å². The average Bonchev–Trinajstić information content (AvgIpc) is 2.80. The van der Waals surface area contributed by atoms with Crippen molar-refractivity contribution in [3.05, 3.63) is 29.1 Å². The van der Waals surface area contributed by atoms with Crippen molar-refractivity contribution >= 4 is 26.5 Å². The third-order valence-electron chi connectivity index (χ3n) is 4.17. The molecule has 0 bridgehead atoms. The minimum absolute atomic E-state index is 0.238. The van der Waals surface area contributed by atoms with E-state index in [0.717, 1.165) is 23.2 Å². The molecular weight excluding hydrogens is 301 g/mol. The van der Waals surface area contributed by atoms with Gasteiger partial charge >= 0.3 is 0 Å². The number of alkyl halides is 1. The molecule has 3 rings (SSSR count). The molecule has 2 heterocycles. The van der Waals surface area contributed by atoms with Crippen LogP contribution in [0.1, 0.15) is 12.0 Å². The second-order valence-corrected chi connectivity index (χ2v) is 7.01. The fourth-order valence-electron chi connectivity index (χ4n) is 3.01. The topological polar surface area (TPSA) is 62.1 Å². The minimum atomic E-state index is -1.27. The SMILES string of the molecule is CN1CC[C@H](Nc2cccc3c(CC#N)c[s+]([O-])c23)[C@H](F)C1. The van der Waals surface area contributed by atoms with E-state index in [1.165, 1.54) is 0 Å². The lowest BCUT2D eigenvalue weighted by atomic mass is 10.0. The molecule has 1 N–H and O–H groups in total. The normalized spacial score (nSPS) is 23.5. The Bertz CT molecular complexity index is 724. The lowest BCUT2D eigenvalue weighted by Crippen LogP contribution is -2.46. The Morgan fingerprint density at radius 2 is 2.36 bits per heavy atom.